The lowest BCUT2D eigenvalue weighted by Crippen LogP contribution is -2.18. The summed E-state index contributed by atoms with van der Waals surface area (Å²) in [5.74, 6) is 0.881. The van der Waals surface area contributed by atoms with Crippen LogP contribution in [0.1, 0.15) is 44.2 Å². The zero-order chi connectivity index (χ0) is 12.6. The molecule has 0 unspecified atom stereocenters. The molecule has 1 aliphatic rings. The number of nitrogens with zero attached hydrogens (tertiary/aromatic N) is 2. The van der Waals surface area contributed by atoms with Gasteiger partial charge in [-0.2, -0.15) is 0 Å². The molecule has 0 aliphatic heterocycles. The van der Waals surface area contributed by atoms with Crippen molar-refractivity contribution in [2.24, 2.45) is 0 Å². The van der Waals surface area contributed by atoms with Gasteiger partial charge < -0.3 is 10.1 Å². The van der Waals surface area contributed by atoms with Crippen LogP contribution in [0, 0.1) is 6.92 Å². The van der Waals surface area contributed by atoms with Gasteiger partial charge >= 0.3 is 0 Å². The summed E-state index contributed by atoms with van der Waals surface area (Å²) < 4.78 is 5.91. The summed E-state index contributed by atoms with van der Waals surface area (Å²) >= 11 is 0. The number of rotatable bonds is 5. The highest BCUT2D eigenvalue weighted by Crippen LogP contribution is 2.19. The maximum Gasteiger partial charge on any atom is 0.129 e. The van der Waals surface area contributed by atoms with Gasteiger partial charge in [-0.1, -0.05) is 25.7 Å². The van der Waals surface area contributed by atoms with Crippen molar-refractivity contribution in [2.45, 2.75) is 51.6 Å². The Bertz CT molecular complexity index is 349. The summed E-state index contributed by atoms with van der Waals surface area (Å²) in [6.07, 6.45) is 9.91. The third-order valence-electron chi connectivity index (χ3n) is 3.37. The molecule has 1 saturated carbocycles. The van der Waals surface area contributed by atoms with Crippen molar-refractivity contribution < 1.29 is 4.74 Å². The number of anilines is 1. The van der Waals surface area contributed by atoms with Crippen LogP contribution in [-0.2, 0) is 4.74 Å². The maximum absolute atomic E-state index is 5.91. The van der Waals surface area contributed by atoms with E-state index >= 15 is 0 Å². The van der Waals surface area contributed by atoms with Gasteiger partial charge in [0.1, 0.15) is 12.1 Å². The molecule has 1 fully saturated rings. The third kappa shape index (κ3) is 4.61. The van der Waals surface area contributed by atoms with E-state index in [2.05, 4.69) is 15.3 Å². The smallest absolute Gasteiger partial charge is 0.129 e. The van der Waals surface area contributed by atoms with Crippen molar-refractivity contribution in [2.75, 3.05) is 18.5 Å². The Morgan fingerprint density at radius 1 is 1.22 bits per heavy atom. The second-order valence-electron chi connectivity index (χ2n) is 4.96. The number of nitrogens with one attached hydrogen (secondary N) is 1. The van der Waals surface area contributed by atoms with E-state index < -0.39 is 0 Å². The van der Waals surface area contributed by atoms with Gasteiger partial charge in [-0.15, -0.1) is 0 Å². The number of hydrogen-bond acceptors (Lipinski definition) is 4. The summed E-state index contributed by atoms with van der Waals surface area (Å²) in [5, 5.41) is 3.26. The van der Waals surface area contributed by atoms with E-state index in [4.69, 9.17) is 4.74 Å². The Hall–Kier alpha value is -1.16. The van der Waals surface area contributed by atoms with Crippen molar-refractivity contribution in [3.05, 3.63) is 18.1 Å². The zero-order valence-electron chi connectivity index (χ0n) is 11.2. The fourth-order valence-electron chi connectivity index (χ4n) is 2.36. The average molecular weight is 249 g/mol. The molecule has 2 rings (SSSR count). The highest BCUT2D eigenvalue weighted by Gasteiger charge is 2.11. The number of aryl methyl sites for hydroxylation is 1. The predicted octanol–water partition coefficient (Wildman–Crippen LogP) is 2.94. The van der Waals surface area contributed by atoms with Gasteiger partial charge in [0.25, 0.3) is 0 Å². The van der Waals surface area contributed by atoms with Gasteiger partial charge in [-0.05, 0) is 19.8 Å². The molecular formula is C14H23N3O. The molecule has 0 amide bonds. The van der Waals surface area contributed by atoms with E-state index in [-0.39, 0.29) is 0 Å². The summed E-state index contributed by atoms with van der Waals surface area (Å²) in [5.41, 5.74) is 0.984. The minimum atomic E-state index is 0.474. The largest absolute Gasteiger partial charge is 0.376 e. The van der Waals surface area contributed by atoms with E-state index in [0.29, 0.717) is 6.10 Å². The van der Waals surface area contributed by atoms with Crippen molar-refractivity contribution in [3.63, 3.8) is 0 Å². The van der Waals surface area contributed by atoms with Gasteiger partial charge in [0.05, 0.1) is 12.7 Å². The van der Waals surface area contributed by atoms with Gasteiger partial charge in [0, 0.05) is 18.3 Å². The van der Waals surface area contributed by atoms with Gasteiger partial charge in [-0.25, -0.2) is 9.97 Å². The van der Waals surface area contributed by atoms with Crippen molar-refractivity contribution in [1.29, 1.82) is 0 Å². The second-order valence-corrected chi connectivity index (χ2v) is 4.96. The van der Waals surface area contributed by atoms with Crippen molar-refractivity contribution in [1.82, 2.24) is 9.97 Å². The first kappa shape index (κ1) is 13.3. The molecule has 1 aromatic heterocycles. The molecule has 0 aromatic carbocycles. The first-order valence-electron chi connectivity index (χ1n) is 6.99. The molecule has 100 valence electrons. The van der Waals surface area contributed by atoms with E-state index in [1.165, 1.54) is 38.5 Å². The zero-order valence-corrected chi connectivity index (χ0v) is 11.2. The lowest BCUT2D eigenvalue weighted by atomic mass is 10.1. The first-order chi connectivity index (χ1) is 8.84. The Kier molecular flexibility index (Phi) is 5.39. The molecule has 1 aromatic rings. The summed E-state index contributed by atoms with van der Waals surface area (Å²) in [6.45, 7) is 3.54. The van der Waals surface area contributed by atoms with Crippen molar-refractivity contribution in [3.8, 4) is 0 Å². The molecule has 0 spiro atoms. The molecule has 1 heterocycles. The molecule has 4 heteroatoms. The molecular weight excluding hydrogens is 226 g/mol. The van der Waals surface area contributed by atoms with Gasteiger partial charge in [0.2, 0.25) is 0 Å². The number of aromatic nitrogens is 2. The van der Waals surface area contributed by atoms with Crippen LogP contribution in [0.4, 0.5) is 5.82 Å². The minimum Gasteiger partial charge on any atom is -0.376 e. The Balaban J connectivity index is 1.63. The number of ether oxygens (including phenoxy) is 1. The quantitative estimate of drug-likeness (QED) is 0.644. The SMILES string of the molecule is Cc1cc(NCCOC2CCCCCC2)ncn1. The molecule has 1 aliphatic carbocycles. The van der Waals surface area contributed by atoms with E-state index in [9.17, 15) is 0 Å². The van der Waals surface area contributed by atoms with Crippen LogP contribution in [-0.4, -0.2) is 29.2 Å². The molecule has 0 atom stereocenters. The highest BCUT2D eigenvalue weighted by molar-refractivity contribution is 5.34. The Morgan fingerprint density at radius 2 is 2.00 bits per heavy atom. The Labute approximate surface area is 109 Å². The molecule has 0 radical (unpaired) electrons. The molecule has 0 saturated heterocycles. The van der Waals surface area contributed by atoms with Gasteiger partial charge in [0.15, 0.2) is 0 Å². The molecule has 0 bridgehead atoms. The van der Waals surface area contributed by atoms with E-state index in [0.717, 1.165) is 24.7 Å². The molecule has 4 nitrogen and oxygen atoms in total. The van der Waals surface area contributed by atoms with Crippen molar-refractivity contribution >= 4 is 5.82 Å². The summed E-state index contributed by atoms with van der Waals surface area (Å²) in [6, 6.07) is 1.95. The third-order valence-corrected chi connectivity index (χ3v) is 3.37. The number of hydrogen-bond donors (Lipinski definition) is 1. The van der Waals surface area contributed by atoms with E-state index in [1.807, 2.05) is 13.0 Å². The first-order valence-corrected chi connectivity index (χ1v) is 6.99. The molecule has 1 N–H and O–H groups in total. The van der Waals surface area contributed by atoms with Crippen LogP contribution in [0.5, 0.6) is 0 Å². The lowest BCUT2D eigenvalue weighted by molar-refractivity contribution is 0.0501. The lowest BCUT2D eigenvalue weighted by Gasteiger charge is -2.15. The van der Waals surface area contributed by atoms with Crippen LogP contribution in [0.15, 0.2) is 12.4 Å². The standard InChI is InChI=1S/C14H23N3O/c1-12-10-14(17-11-16-12)15-8-9-18-13-6-4-2-3-5-7-13/h10-11,13H,2-9H2,1H3,(H,15,16,17). The minimum absolute atomic E-state index is 0.474. The molecule has 18 heavy (non-hydrogen) atoms. The second kappa shape index (κ2) is 7.31. The topological polar surface area (TPSA) is 47.0 Å². The Morgan fingerprint density at radius 3 is 2.72 bits per heavy atom. The summed E-state index contributed by atoms with van der Waals surface area (Å²) in [4.78, 5) is 8.23. The maximum atomic E-state index is 5.91. The fourth-order valence-corrected chi connectivity index (χ4v) is 2.36. The average Bonchev–Trinajstić information content (AvgIpc) is 2.63. The van der Waals surface area contributed by atoms with Crippen LogP contribution in [0.2, 0.25) is 0 Å². The van der Waals surface area contributed by atoms with Crippen LogP contribution >= 0.6 is 0 Å². The van der Waals surface area contributed by atoms with E-state index in [1.54, 1.807) is 6.33 Å². The van der Waals surface area contributed by atoms with Gasteiger partial charge in [-0.3, -0.25) is 0 Å². The van der Waals surface area contributed by atoms with Crippen LogP contribution in [0.3, 0.4) is 0 Å². The normalized spacial score (nSPS) is 17.4. The highest BCUT2D eigenvalue weighted by atomic mass is 16.5. The van der Waals surface area contributed by atoms with Crippen LogP contribution < -0.4 is 5.32 Å². The fraction of sp³-hybridized carbons (Fsp3) is 0.714. The predicted molar refractivity (Wildman–Crippen MR) is 72.7 cm³/mol. The monoisotopic (exact) mass is 249 g/mol. The van der Waals surface area contributed by atoms with Crippen LogP contribution in [0.25, 0.3) is 0 Å². The summed E-state index contributed by atoms with van der Waals surface area (Å²) in [7, 11) is 0.